The second kappa shape index (κ2) is 2.73. The van der Waals surface area contributed by atoms with Crippen LogP contribution in [0.5, 0.6) is 0 Å². The fourth-order valence-electron chi connectivity index (χ4n) is 1.15. The van der Waals surface area contributed by atoms with Crippen molar-refractivity contribution in [1.82, 2.24) is 0 Å². The lowest BCUT2D eigenvalue weighted by Crippen LogP contribution is -2.07. The standard InChI is InChI=1S/C9H3F4O/c10-7-4-8-5(1-2-14-8)3-6(7)9(11,12)13/h1,3-4H. The van der Waals surface area contributed by atoms with Crippen LogP contribution >= 0.6 is 0 Å². The first-order chi connectivity index (χ1) is 6.48. The highest BCUT2D eigenvalue weighted by Gasteiger charge is 2.34. The first-order valence-electron chi connectivity index (χ1n) is 3.65. The van der Waals surface area contributed by atoms with Gasteiger partial charge in [-0.25, -0.2) is 4.39 Å². The van der Waals surface area contributed by atoms with Crippen LogP contribution in [-0.4, -0.2) is 0 Å². The van der Waals surface area contributed by atoms with Crippen molar-refractivity contribution in [1.29, 1.82) is 0 Å². The summed E-state index contributed by atoms with van der Waals surface area (Å²) in [6.45, 7) is 0. The summed E-state index contributed by atoms with van der Waals surface area (Å²) in [5.74, 6) is -1.34. The highest BCUT2D eigenvalue weighted by molar-refractivity contribution is 5.77. The molecule has 1 aromatic heterocycles. The molecule has 0 spiro atoms. The number of rotatable bonds is 0. The Hall–Kier alpha value is -1.52. The molecular formula is C9H3F4O. The molecular weight excluding hydrogens is 200 g/mol. The number of furan rings is 1. The summed E-state index contributed by atoms with van der Waals surface area (Å²) in [5.41, 5.74) is -1.24. The molecule has 0 N–H and O–H groups in total. The fraction of sp³-hybridized carbons (Fsp3) is 0.111. The van der Waals surface area contributed by atoms with Crippen LogP contribution < -0.4 is 0 Å². The molecule has 1 heterocycles. The zero-order chi connectivity index (χ0) is 10.3. The highest BCUT2D eigenvalue weighted by atomic mass is 19.4. The van der Waals surface area contributed by atoms with Gasteiger partial charge in [0.2, 0.25) is 0 Å². The van der Waals surface area contributed by atoms with Crippen LogP contribution in [0.4, 0.5) is 17.6 Å². The van der Waals surface area contributed by atoms with Crippen molar-refractivity contribution in [3.05, 3.63) is 35.8 Å². The van der Waals surface area contributed by atoms with Crippen molar-refractivity contribution in [2.24, 2.45) is 0 Å². The van der Waals surface area contributed by atoms with Gasteiger partial charge in [-0.15, -0.1) is 0 Å². The molecule has 0 atom stereocenters. The summed E-state index contributed by atoms with van der Waals surface area (Å²) in [6.07, 6.45) is -2.45. The first-order valence-corrected chi connectivity index (χ1v) is 3.65. The minimum Gasteiger partial charge on any atom is -0.453 e. The van der Waals surface area contributed by atoms with Gasteiger partial charge in [0.25, 0.3) is 0 Å². The van der Waals surface area contributed by atoms with Gasteiger partial charge in [-0.2, -0.15) is 13.2 Å². The second-order valence-electron chi connectivity index (χ2n) is 2.73. The molecule has 0 amide bonds. The van der Waals surface area contributed by atoms with Crippen LogP contribution in [0.25, 0.3) is 11.0 Å². The van der Waals surface area contributed by atoms with Crippen LogP contribution in [0.3, 0.4) is 0 Å². The maximum atomic E-state index is 12.9. The normalized spacial score (nSPS) is 12.3. The molecule has 0 aliphatic carbocycles. The average Bonchev–Trinajstić information content (AvgIpc) is 2.47. The molecule has 73 valence electrons. The number of alkyl halides is 3. The molecule has 0 saturated carbocycles. The predicted octanol–water partition coefficient (Wildman–Crippen LogP) is 3.39. The molecule has 1 nitrogen and oxygen atoms in total. The van der Waals surface area contributed by atoms with Gasteiger partial charge in [-0.3, -0.25) is 0 Å². The summed E-state index contributed by atoms with van der Waals surface area (Å²) in [5, 5.41) is 0.179. The van der Waals surface area contributed by atoms with Gasteiger partial charge in [-0.05, 0) is 12.1 Å². The van der Waals surface area contributed by atoms with E-state index in [2.05, 4.69) is 10.7 Å². The lowest BCUT2D eigenvalue weighted by Gasteiger charge is -2.06. The molecule has 0 unspecified atom stereocenters. The Bertz CT molecular complexity index is 469. The van der Waals surface area contributed by atoms with Crippen LogP contribution in [-0.2, 0) is 6.18 Å². The Labute approximate surface area is 75.9 Å². The van der Waals surface area contributed by atoms with Gasteiger partial charge in [0.05, 0.1) is 5.56 Å². The van der Waals surface area contributed by atoms with E-state index in [9.17, 15) is 17.6 Å². The summed E-state index contributed by atoms with van der Waals surface area (Å²) in [4.78, 5) is 0. The van der Waals surface area contributed by atoms with Crippen molar-refractivity contribution in [3.63, 3.8) is 0 Å². The summed E-state index contributed by atoms with van der Waals surface area (Å²) >= 11 is 0. The van der Waals surface area contributed by atoms with Crippen molar-refractivity contribution in [2.45, 2.75) is 6.18 Å². The SMILES string of the molecule is Fc1cc2o[c]cc2cc1C(F)(F)F. The van der Waals surface area contributed by atoms with Gasteiger partial charge < -0.3 is 4.42 Å². The molecule has 14 heavy (non-hydrogen) atoms. The van der Waals surface area contributed by atoms with Crippen molar-refractivity contribution < 1.29 is 22.0 Å². The molecule has 2 rings (SSSR count). The summed E-state index contributed by atoms with van der Waals surface area (Å²) in [6, 6.07) is 2.63. The molecule has 0 aliphatic heterocycles. The average molecular weight is 203 g/mol. The minimum absolute atomic E-state index is 0.0514. The largest absolute Gasteiger partial charge is 0.453 e. The molecule has 5 heteroatoms. The molecule has 1 aromatic carbocycles. The number of halogens is 4. The van der Waals surface area contributed by atoms with E-state index in [0.29, 0.717) is 12.1 Å². The van der Waals surface area contributed by atoms with E-state index in [1.54, 1.807) is 0 Å². The third-order valence-corrected chi connectivity index (χ3v) is 1.79. The molecule has 0 bridgehead atoms. The van der Waals surface area contributed by atoms with Gasteiger partial charge in [0.15, 0.2) is 6.26 Å². The summed E-state index contributed by atoms with van der Waals surface area (Å²) < 4.78 is 54.1. The smallest absolute Gasteiger partial charge is 0.419 e. The fourth-order valence-corrected chi connectivity index (χ4v) is 1.15. The second-order valence-corrected chi connectivity index (χ2v) is 2.73. The van der Waals surface area contributed by atoms with Crippen molar-refractivity contribution >= 4 is 11.0 Å². The minimum atomic E-state index is -4.68. The predicted molar refractivity (Wildman–Crippen MR) is 40.0 cm³/mol. The van der Waals surface area contributed by atoms with E-state index in [0.717, 1.165) is 0 Å². The lowest BCUT2D eigenvalue weighted by atomic mass is 10.1. The maximum Gasteiger partial charge on any atom is 0.419 e. The number of hydrogen-bond acceptors (Lipinski definition) is 1. The topological polar surface area (TPSA) is 13.1 Å². The Balaban J connectivity index is 2.71. The third-order valence-electron chi connectivity index (χ3n) is 1.79. The van der Waals surface area contributed by atoms with Crippen LogP contribution in [0.1, 0.15) is 5.56 Å². The molecule has 0 fully saturated rings. The van der Waals surface area contributed by atoms with Crippen molar-refractivity contribution in [3.8, 4) is 0 Å². The van der Waals surface area contributed by atoms with Gasteiger partial charge in [0, 0.05) is 11.5 Å². The van der Waals surface area contributed by atoms with E-state index in [1.165, 1.54) is 6.07 Å². The number of fused-ring (bicyclic) bond motifs is 1. The monoisotopic (exact) mass is 203 g/mol. The molecule has 2 aromatic rings. The van der Waals surface area contributed by atoms with Gasteiger partial charge >= 0.3 is 6.18 Å². The number of benzene rings is 1. The Morgan fingerprint density at radius 1 is 1.21 bits per heavy atom. The maximum absolute atomic E-state index is 12.9. The Kier molecular flexibility index (Phi) is 1.77. The third kappa shape index (κ3) is 1.34. The Morgan fingerprint density at radius 3 is 2.57 bits per heavy atom. The van der Waals surface area contributed by atoms with E-state index in [1.807, 2.05) is 0 Å². The van der Waals surface area contributed by atoms with Crippen LogP contribution in [0.2, 0.25) is 0 Å². The Morgan fingerprint density at radius 2 is 1.93 bits per heavy atom. The van der Waals surface area contributed by atoms with E-state index < -0.39 is 17.6 Å². The zero-order valence-electron chi connectivity index (χ0n) is 6.65. The molecule has 0 aliphatic rings. The van der Waals surface area contributed by atoms with Gasteiger partial charge in [-0.1, -0.05) is 0 Å². The first kappa shape index (κ1) is 9.05. The quantitative estimate of drug-likeness (QED) is 0.598. The molecule has 1 radical (unpaired) electrons. The highest BCUT2D eigenvalue weighted by Crippen LogP contribution is 2.33. The van der Waals surface area contributed by atoms with Crippen molar-refractivity contribution in [2.75, 3.05) is 0 Å². The lowest BCUT2D eigenvalue weighted by molar-refractivity contribution is -0.139. The summed E-state index contributed by atoms with van der Waals surface area (Å²) in [7, 11) is 0. The van der Waals surface area contributed by atoms with E-state index >= 15 is 0 Å². The molecule has 0 saturated heterocycles. The zero-order valence-corrected chi connectivity index (χ0v) is 6.65. The van der Waals surface area contributed by atoms with Gasteiger partial charge in [0.1, 0.15) is 11.4 Å². The van der Waals surface area contributed by atoms with Crippen LogP contribution in [0, 0.1) is 12.1 Å². The number of hydrogen-bond donors (Lipinski definition) is 0. The van der Waals surface area contributed by atoms with E-state index in [4.69, 9.17) is 0 Å². The van der Waals surface area contributed by atoms with Crippen LogP contribution in [0.15, 0.2) is 22.6 Å². The van der Waals surface area contributed by atoms with E-state index in [-0.39, 0.29) is 11.0 Å².